The molecule has 2 heterocycles. The molecule has 9 heteroatoms. The summed E-state index contributed by atoms with van der Waals surface area (Å²) < 4.78 is 1.89. The highest BCUT2D eigenvalue weighted by Gasteiger charge is 2.07. The van der Waals surface area contributed by atoms with Crippen molar-refractivity contribution in [1.82, 2.24) is 30.1 Å². The zero-order chi connectivity index (χ0) is 15.2. The Labute approximate surface area is 146 Å². The van der Waals surface area contributed by atoms with Crippen molar-refractivity contribution in [3.8, 4) is 0 Å². The Morgan fingerprint density at radius 1 is 1.32 bits per heavy atom. The highest BCUT2D eigenvalue weighted by molar-refractivity contribution is 14.0. The molecule has 0 fully saturated rings. The number of pyridine rings is 1. The fourth-order valence-corrected chi connectivity index (χ4v) is 1.71. The molecule has 0 bridgehead atoms. The maximum Gasteiger partial charge on any atom is 0.241 e. The van der Waals surface area contributed by atoms with Crippen LogP contribution in [0.25, 0.3) is 5.65 Å². The van der Waals surface area contributed by atoms with E-state index in [1.54, 1.807) is 21.1 Å². The molecule has 1 amide bonds. The summed E-state index contributed by atoms with van der Waals surface area (Å²) in [5, 5.41) is 14.2. The van der Waals surface area contributed by atoms with Crippen molar-refractivity contribution in [3.63, 3.8) is 0 Å². The van der Waals surface area contributed by atoms with Crippen molar-refractivity contribution in [3.05, 3.63) is 30.2 Å². The van der Waals surface area contributed by atoms with Gasteiger partial charge in [0.15, 0.2) is 17.4 Å². The number of carbonyl (C=O) groups is 1. The Morgan fingerprint density at radius 2 is 2.09 bits per heavy atom. The number of fused-ring (bicyclic) bond motifs is 1. The van der Waals surface area contributed by atoms with Crippen LogP contribution in [0, 0.1) is 0 Å². The lowest BCUT2D eigenvalue weighted by molar-refractivity contribution is -0.127. The largest absolute Gasteiger partial charge is 0.349 e. The fraction of sp³-hybridized carbons (Fsp3) is 0.385. The van der Waals surface area contributed by atoms with Crippen LogP contribution in [0.1, 0.15) is 5.82 Å². The first kappa shape index (κ1) is 18.1. The predicted octanol–water partition coefficient (Wildman–Crippen LogP) is 0.100. The molecule has 0 spiro atoms. The number of aliphatic imine (C=N–C) groups is 1. The number of hydrogen-bond donors (Lipinski definition) is 2. The second kappa shape index (κ2) is 8.51. The van der Waals surface area contributed by atoms with Crippen molar-refractivity contribution in [2.45, 2.75) is 6.54 Å². The first-order chi connectivity index (χ1) is 10.1. The number of aromatic nitrogens is 3. The molecule has 0 saturated carbocycles. The third-order valence-electron chi connectivity index (χ3n) is 2.93. The summed E-state index contributed by atoms with van der Waals surface area (Å²) in [5.41, 5.74) is 0.792. The van der Waals surface area contributed by atoms with Gasteiger partial charge in [-0.25, -0.2) is 0 Å². The average molecular weight is 417 g/mol. The summed E-state index contributed by atoms with van der Waals surface area (Å²) in [6.45, 7) is 0.647. The van der Waals surface area contributed by atoms with Crippen LogP contribution in [-0.4, -0.2) is 59.1 Å². The van der Waals surface area contributed by atoms with E-state index in [0.717, 1.165) is 11.5 Å². The van der Waals surface area contributed by atoms with E-state index in [4.69, 9.17) is 0 Å². The lowest BCUT2D eigenvalue weighted by Gasteiger charge is -2.13. The van der Waals surface area contributed by atoms with Crippen LogP contribution in [0.4, 0.5) is 0 Å². The molecule has 2 aromatic rings. The quantitative estimate of drug-likeness (QED) is 0.419. The van der Waals surface area contributed by atoms with Gasteiger partial charge in [-0.05, 0) is 12.1 Å². The molecule has 2 N–H and O–H groups in total. The minimum atomic E-state index is -0.0223. The lowest BCUT2D eigenvalue weighted by Crippen LogP contribution is -2.42. The molecule has 2 rings (SSSR count). The number of likely N-dealkylation sites (N-methyl/N-ethyl adjacent to an activating group) is 1. The number of amides is 1. The van der Waals surface area contributed by atoms with Crippen LogP contribution in [0.5, 0.6) is 0 Å². The van der Waals surface area contributed by atoms with E-state index in [0.29, 0.717) is 12.5 Å². The van der Waals surface area contributed by atoms with Crippen molar-refractivity contribution >= 4 is 41.5 Å². The molecule has 120 valence electrons. The van der Waals surface area contributed by atoms with Crippen LogP contribution in [0.2, 0.25) is 0 Å². The second-order valence-electron chi connectivity index (χ2n) is 4.61. The fourth-order valence-electron chi connectivity index (χ4n) is 1.71. The Morgan fingerprint density at radius 3 is 2.77 bits per heavy atom. The summed E-state index contributed by atoms with van der Waals surface area (Å²) in [4.78, 5) is 17.1. The second-order valence-corrected chi connectivity index (χ2v) is 4.61. The molecular formula is C13H20IN7O. The van der Waals surface area contributed by atoms with Crippen molar-refractivity contribution in [2.24, 2.45) is 4.99 Å². The summed E-state index contributed by atoms with van der Waals surface area (Å²) in [6.07, 6.45) is 1.90. The van der Waals surface area contributed by atoms with Gasteiger partial charge in [0.2, 0.25) is 5.91 Å². The smallest absolute Gasteiger partial charge is 0.241 e. The van der Waals surface area contributed by atoms with Crippen LogP contribution in [0.15, 0.2) is 29.4 Å². The van der Waals surface area contributed by atoms with E-state index in [1.165, 1.54) is 4.90 Å². The number of hydrogen-bond acceptors (Lipinski definition) is 4. The van der Waals surface area contributed by atoms with Gasteiger partial charge in [0, 0.05) is 27.3 Å². The zero-order valence-corrected chi connectivity index (χ0v) is 15.1. The van der Waals surface area contributed by atoms with Gasteiger partial charge in [0.05, 0.1) is 13.1 Å². The normalized spacial score (nSPS) is 11.0. The van der Waals surface area contributed by atoms with Gasteiger partial charge >= 0.3 is 0 Å². The SMILES string of the molecule is CN=C(NCC(=O)N(C)C)NCc1nnc2ccccn12.I. The van der Waals surface area contributed by atoms with Crippen molar-refractivity contribution in [1.29, 1.82) is 0 Å². The highest BCUT2D eigenvalue weighted by Crippen LogP contribution is 2.01. The lowest BCUT2D eigenvalue weighted by atomic mass is 10.4. The molecule has 0 unspecified atom stereocenters. The van der Waals surface area contributed by atoms with Crippen LogP contribution in [0.3, 0.4) is 0 Å². The summed E-state index contributed by atoms with van der Waals surface area (Å²) in [7, 11) is 5.07. The van der Waals surface area contributed by atoms with Crippen LogP contribution >= 0.6 is 24.0 Å². The van der Waals surface area contributed by atoms with Crippen molar-refractivity contribution < 1.29 is 4.79 Å². The van der Waals surface area contributed by atoms with E-state index in [9.17, 15) is 4.79 Å². The molecule has 0 saturated heterocycles. The molecule has 0 aliphatic rings. The molecule has 8 nitrogen and oxygen atoms in total. The van der Waals surface area contributed by atoms with Crippen LogP contribution < -0.4 is 10.6 Å². The summed E-state index contributed by atoms with van der Waals surface area (Å²) in [6, 6.07) is 5.72. The number of carbonyl (C=O) groups excluding carboxylic acids is 1. The molecule has 0 atom stereocenters. The van der Waals surface area contributed by atoms with Gasteiger partial charge < -0.3 is 15.5 Å². The topological polar surface area (TPSA) is 86.9 Å². The maximum atomic E-state index is 11.5. The van der Waals surface area contributed by atoms with Crippen molar-refractivity contribution in [2.75, 3.05) is 27.7 Å². The molecule has 0 aliphatic carbocycles. The van der Waals surface area contributed by atoms with E-state index in [1.807, 2.05) is 28.8 Å². The van der Waals surface area contributed by atoms with E-state index < -0.39 is 0 Å². The Hall–Kier alpha value is -1.91. The minimum Gasteiger partial charge on any atom is -0.349 e. The third kappa shape index (κ3) is 4.55. The summed E-state index contributed by atoms with van der Waals surface area (Å²) in [5.74, 6) is 1.29. The number of rotatable bonds is 4. The Balaban J connectivity index is 0.00000242. The van der Waals surface area contributed by atoms with Gasteiger partial charge in [0.1, 0.15) is 0 Å². The maximum absolute atomic E-state index is 11.5. The van der Waals surface area contributed by atoms with Gasteiger partial charge in [-0.3, -0.25) is 14.2 Å². The van der Waals surface area contributed by atoms with E-state index in [2.05, 4.69) is 25.8 Å². The predicted molar refractivity (Wildman–Crippen MR) is 95.3 cm³/mol. The Bertz CT molecular complexity index is 653. The molecule has 0 aliphatic heterocycles. The Kier molecular flexibility index (Phi) is 7.02. The van der Waals surface area contributed by atoms with Gasteiger partial charge in [-0.1, -0.05) is 6.07 Å². The number of nitrogens with zero attached hydrogens (tertiary/aromatic N) is 5. The van der Waals surface area contributed by atoms with E-state index >= 15 is 0 Å². The highest BCUT2D eigenvalue weighted by atomic mass is 127. The third-order valence-corrected chi connectivity index (χ3v) is 2.93. The molecule has 22 heavy (non-hydrogen) atoms. The summed E-state index contributed by atoms with van der Waals surface area (Å²) >= 11 is 0. The zero-order valence-electron chi connectivity index (χ0n) is 12.8. The van der Waals surface area contributed by atoms with Gasteiger partial charge in [-0.2, -0.15) is 0 Å². The number of guanidine groups is 1. The first-order valence-electron chi connectivity index (χ1n) is 6.55. The van der Waals surface area contributed by atoms with Gasteiger partial charge in [-0.15, -0.1) is 34.2 Å². The molecule has 0 aromatic carbocycles. The standard InChI is InChI=1S/C13H19N7O.HI/c1-14-13(16-9-12(21)19(2)3)15-8-11-18-17-10-6-4-5-7-20(10)11;/h4-7H,8-9H2,1-3H3,(H2,14,15,16);1H. The minimum absolute atomic E-state index is 0. The monoisotopic (exact) mass is 417 g/mol. The molecule has 2 aromatic heterocycles. The van der Waals surface area contributed by atoms with Gasteiger partial charge in [0.25, 0.3) is 0 Å². The van der Waals surface area contributed by atoms with E-state index in [-0.39, 0.29) is 36.4 Å². The van der Waals surface area contributed by atoms with Crippen LogP contribution in [-0.2, 0) is 11.3 Å². The first-order valence-corrected chi connectivity index (χ1v) is 6.55. The molecule has 0 radical (unpaired) electrons. The number of halogens is 1. The molecular weight excluding hydrogens is 397 g/mol. The number of nitrogens with one attached hydrogen (secondary N) is 2. The average Bonchev–Trinajstić information content (AvgIpc) is 2.90.